The number of hydrogen-bond donors (Lipinski definition) is 3. The molecule has 2 rings (SSSR count). The summed E-state index contributed by atoms with van der Waals surface area (Å²) in [7, 11) is -4.42. The molecule has 0 saturated carbocycles. The molecule has 0 heterocycles. The van der Waals surface area contributed by atoms with Crippen molar-refractivity contribution in [2.45, 2.75) is 30.3 Å². The summed E-state index contributed by atoms with van der Waals surface area (Å²) in [4.78, 5) is 34.5. The van der Waals surface area contributed by atoms with Gasteiger partial charge in [0.05, 0.1) is 4.90 Å². The van der Waals surface area contributed by atoms with E-state index >= 15 is 0 Å². The molecule has 2 amide bonds. The van der Waals surface area contributed by atoms with Gasteiger partial charge in [0, 0.05) is 24.1 Å². The molecule has 4 N–H and O–H groups in total. The monoisotopic (exact) mass is 442 g/mol. The summed E-state index contributed by atoms with van der Waals surface area (Å²) in [6, 6.07) is 9.98. The number of carbonyl (C=O) groups is 2. The molecule has 9 nitrogen and oxygen atoms in total. The van der Waals surface area contributed by atoms with Crippen LogP contribution in [0, 0.1) is 12.3 Å². The Morgan fingerprint density at radius 1 is 1.16 bits per heavy atom. The lowest BCUT2D eigenvalue weighted by atomic mass is 10.1. The van der Waals surface area contributed by atoms with Crippen LogP contribution < -0.4 is 11.1 Å². The highest BCUT2D eigenvalue weighted by Gasteiger charge is 2.31. The molecule has 0 fully saturated rings. The average molecular weight is 442 g/mol. The highest BCUT2D eigenvalue weighted by Crippen LogP contribution is 2.18. The largest absolute Gasteiger partial charge is 0.366 e. The van der Waals surface area contributed by atoms with Crippen LogP contribution in [0.4, 0.5) is 0 Å². The number of hydrogen-bond acceptors (Lipinski definition) is 6. The van der Waals surface area contributed by atoms with Gasteiger partial charge in [0.25, 0.3) is 10.0 Å². The quantitative estimate of drug-likeness (QED) is 0.365. The predicted octanol–water partition coefficient (Wildman–Crippen LogP) is 0.722. The van der Waals surface area contributed by atoms with E-state index in [-0.39, 0.29) is 34.3 Å². The smallest absolute Gasteiger partial charge is 0.265 e. The third-order valence-corrected chi connectivity index (χ3v) is 5.99. The van der Waals surface area contributed by atoms with Gasteiger partial charge in [0.1, 0.15) is 6.04 Å². The highest BCUT2D eigenvalue weighted by atomic mass is 32.2. The summed E-state index contributed by atoms with van der Waals surface area (Å²) < 4.78 is 24.9. The van der Waals surface area contributed by atoms with E-state index in [0.717, 1.165) is 0 Å². The maximum Gasteiger partial charge on any atom is 0.265 e. The second-order valence-electron chi connectivity index (χ2n) is 6.42. The Kier molecular flexibility index (Phi) is 8.04. The van der Waals surface area contributed by atoms with Crippen molar-refractivity contribution in [2.24, 2.45) is 5.73 Å². The summed E-state index contributed by atoms with van der Waals surface area (Å²) >= 11 is 0. The van der Waals surface area contributed by atoms with Crippen LogP contribution in [0.25, 0.3) is 0 Å². The minimum absolute atomic E-state index is 0.0100. The SMILES string of the molecule is C#Cc1ccc(S(=O)(=O)N(O)[C@@H]([C]=O)CCC(=O)NCc2ccccc2C(N)=O)cc1. The van der Waals surface area contributed by atoms with Crippen LogP contribution >= 0.6 is 0 Å². The third kappa shape index (κ3) is 5.99. The van der Waals surface area contributed by atoms with Gasteiger partial charge in [0.15, 0.2) is 0 Å². The zero-order valence-corrected chi connectivity index (χ0v) is 17.1. The molecule has 0 unspecified atom stereocenters. The Bertz CT molecular complexity index is 1110. The number of hydroxylamine groups is 1. The van der Waals surface area contributed by atoms with E-state index < -0.39 is 27.9 Å². The molecule has 0 aliphatic carbocycles. The predicted molar refractivity (Wildman–Crippen MR) is 111 cm³/mol. The molecule has 0 aliphatic rings. The molecule has 2 aromatic rings. The molecular formula is C21H20N3O6S. The van der Waals surface area contributed by atoms with Gasteiger partial charge in [0.2, 0.25) is 18.1 Å². The lowest BCUT2D eigenvalue weighted by Gasteiger charge is -2.20. The second kappa shape index (κ2) is 10.5. The second-order valence-corrected chi connectivity index (χ2v) is 8.21. The number of nitrogens with one attached hydrogen (secondary N) is 1. The third-order valence-electron chi connectivity index (χ3n) is 4.37. The zero-order valence-electron chi connectivity index (χ0n) is 16.3. The molecule has 161 valence electrons. The van der Waals surface area contributed by atoms with Crippen LogP contribution in [0.15, 0.2) is 53.4 Å². The van der Waals surface area contributed by atoms with Gasteiger partial charge < -0.3 is 11.1 Å². The highest BCUT2D eigenvalue weighted by molar-refractivity contribution is 7.89. The van der Waals surface area contributed by atoms with Crippen LogP contribution in [0.3, 0.4) is 0 Å². The summed E-state index contributed by atoms with van der Waals surface area (Å²) in [6.45, 7) is 0.0100. The van der Waals surface area contributed by atoms with Gasteiger partial charge in [-0.1, -0.05) is 28.6 Å². The van der Waals surface area contributed by atoms with Crippen molar-refractivity contribution in [3.8, 4) is 12.3 Å². The van der Waals surface area contributed by atoms with Gasteiger partial charge >= 0.3 is 0 Å². The number of amides is 2. The summed E-state index contributed by atoms with van der Waals surface area (Å²) in [6.07, 6.45) is 6.06. The molecule has 1 atom stereocenters. The molecule has 0 aliphatic heterocycles. The molecule has 31 heavy (non-hydrogen) atoms. The zero-order chi connectivity index (χ0) is 23.0. The lowest BCUT2D eigenvalue weighted by molar-refractivity contribution is -0.121. The van der Waals surface area contributed by atoms with E-state index in [9.17, 15) is 28.0 Å². The maximum absolute atomic E-state index is 12.5. The van der Waals surface area contributed by atoms with Crippen LogP contribution in [0.5, 0.6) is 0 Å². The number of primary amides is 1. The van der Waals surface area contributed by atoms with Crippen LogP contribution in [-0.4, -0.2) is 42.2 Å². The van der Waals surface area contributed by atoms with E-state index in [1.807, 2.05) is 0 Å². The molecule has 10 heteroatoms. The van der Waals surface area contributed by atoms with Crippen molar-refractivity contribution < 1.29 is 28.0 Å². The summed E-state index contributed by atoms with van der Waals surface area (Å²) in [5, 5.41) is 12.6. The average Bonchev–Trinajstić information content (AvgIpc) is 2.78. The first-order valence-electron chi connectivity index (χ1n) is 9.02. The first-order chi connectivity index (χ1) is 14.7. The molecule has 0 aromatic heterocycles. The minimum Gasteiger partial charge on any atom is -0.366 e. The Balaban J connectivity index is 1.99. The van der Waals surface area contributed by atoms with Gasteiger partial charge in [-0.15, -0.1) is 6.42 Å². The number of terminal acetylenes is 1. The van der Waals surface area contributed by atoms with Crippen LogP contribution in [0.2, 0.25) is 0 Å². The summed E-state index contributed by atoms with van der Waals surface area (Å²) in [5.41, 5.74) is 6.48. The molecule has 1 radical (unpaired) electrons. The van der Waals surface area contributed by atoms with Crippen molar-refractivity contribution in [3.63, 3.8) is 0 Å². The number of nitrogens with zero attached hydrogens (tertiary/aromatic N) is 1. The number of sulfonamides is 1. The fourth-order valence-corrected chi connectivity index (χ4v) is 3.86. The Morgan fingerprint density at radius 2 is 1.81 bits per heavy atom. The first kappa shape index (κ1) is 23.8. The normalized spacial score (nSPS) is 12.0. The van der Waals surface area contributed by atoms with E-state index in [4.69, 9.17) is 12.2 Å². The fraction of sp³-hybridized carbons (Fsp3) is 0.190. The van der Waals surface area contributed by atoms with Crippen molar-refractivity contribution in [3.05, 3.63) is 65.2 Å². The molecular weight excluding hydrogens is 422 g/mol. The first-order valence-corrected chi connectivity index (χ1v) is 10.5. The summed E-state index contributed by atoms with van der Waals surface area (Å²) in [5.74, 6) is 1.17. The van der Waals surface area contributed by atoms with Crippen molar-refractivity contribution >= 4 is 28.1 Å². The van der Waals surface area contributed by atoms with Crippen molar-refractivity contribution in [1.82, 2.24) is 9.79 Å². The Morgan fingerprint density at radius 3 is 2.39 bits per heavy atom. The molecule has 0 saturated heterocycles. The topological polar surface area (TPSA) is 147 Å². The van der Waals surface area contributed by atoms with Crippen LogP contribution in [-0.2, 0) is 26.2 Å². The van der Waals surface area contributed by atoms with Gasteiger partial charge in [-0.3, -0.25) is 19.6 Å². The number of carbonyl (C=O) groups excluding carboxylic acids is 3. The Hall–Kier alpha value is -3.52. The minimum atomic E-state index is -4.42. The van der Waals surface area contributed by atoms with E-state index in [2.05, 4.69) is 11.2 Å². The van der Waals surface area contributed by atoms with Gasteiger partial charge in [-0.05, 0) is 42.3 Å². The number of benzene rings is 2. The molecule has 0 bridgehead atoms. The van der Waals surface area contributed by atoms with Crippen LogP contribution in [0.1, 0.15) is 34.3 Å². The number of rotatable bonds is 10. The lowest BCUT2D eigenvalue weighted by Crippen LogP contribution is -2.39. The van der Waals surface area contributed by atoms with Gasteiger partial charge in [-0.2, -0.15) is 0 Å². The Labute approximate surface area is 179 Å². The van der Waals surface area contributed by atoms with E-state index in [1.54, 1.807) is 18.2 Å². The molecule has 2 aromatic carbocycles. The fourth-order valence-electron chi connectivity index (χ4n) is 2.68. The van der Waals surface area contributed by atoms with E-state index in [1.165, 1.54) is 36.6 Å². The van der Waals surface area contributed by atoms with Crippen molar-refractivity contribution in [1.29, 1.82) is 0 Å². The number of nitrogens with two attached hydrogens (primary N) is 1. The standard InChI is InChI=1S/C21H20N3O6S/c1-2-15-7-10-18(11-8-15)31(29,30)24(28)17(14-25)9-12-20(26)23-13-16-5-3-4-6-19(16)21(22)27/h1,3-8,10-11,17,28H,9,12-13H2,(H2,22,27)(H,23,26)/t17-/m1/s1. The maximum atomic E-state index is 12.5. The van der Waals surface area contributed by atoms with Gasteiger partial charge in [-0.25, -0.2) is 8.42 Å². The van der Waals surface area contributed by atoms with Crippen molar-refractivity contribution in [2.75, 3.05) is 0 Å². The van der Waals surface area contributed by atoms with E-state index in [0.29, 0.717) is 11.1 Å². The molecule has 0 spiro atoms.